The molecule has 1 N–H and O–H groups in total. The quantitative estimate of drug-likeness (QED) is 0.425. The minimum absolute atomic E-state index is 1.89. The fourth-order valence-electron chi connectivity index (χ4n) is 0.0757. The van der Waals surface area contributed by atoms with Crippen LogP contribution in [0.3, 0.4) is 0 Å². The maximum atomic E-state index is 9.58. The Morgan fingerprint density at radius 3 is 2.00 bits per heavy atom. The molecule has 0 spiro atoms. The highest BCUT2D eigenvalue weighted by atomic mass is 31.1. The van der Waals surface area contributed by atoms with Crippen molar-refractivity contribution in [3.8, 4) is 0 Å². The Hall–Kier alpha value is 0.110. The Morgan fingerprint density at radius 2 is 2.00 bits per heavy atom. The van der Waals surface area contributed by atoms with Gasteiger partial charge in [-0.05, 0) is 0 Å². The third-order valence-electron chi connectivity index (χ3n) is 0.250. The van der Waals surface area contributed by atoms with E-state index in [1.807, 2.05) is 5.64 Å². The van der Waals surface area contributed by atoms with Crippen molar-refractivity contribution < 1.29 is 13.8 Å². The van der Waals surface area contributed by atoms with Crippen molar-refractivity contribution >= 4 is 8.25 Å². The third-order valence-corrected chi connectivity index (χ3v) is 0.750. The minimum Gasteiger partial charge on any atom is -0.260 e. The molecule has 0 radical (unpaired) electrons. The fourth-order valence-corrected chi connectivity index (χ4v) is 0.227. The first kappa shape index (κ1) is 3.31. The summed E-state index contributed by atoms with van der Waals surface area (Å²) in [6.45, 7) is 0. The Kier molecular flexibility index (Phi) is 0.704. The molecular weight excluding hydrogens is 93.0 g/mol. The van der Waals surface area contributed by atoms with Gasteiger partial charge in [0.1, 0.15) is 0 Å². The lowest BCUT2D eigenvalue weighted by Gasteiger charge is -2.09. The van der Waals surface area contributed by atoms with E-state index in [4.69, 9.17) is 0 Å². The topological polar surface area (TPSA) is 47.6 Å². The van der Waals surface area contributed by atoms with Gasteiger partial charge in [0.05, 0.1) is 0 Å². The van der Waals surface area contributed by atoms with Crippen LogP contribution in [0.25, 0.3) is 0 Å². The fraction of sp³-hybridized carbons (Fsp3) is 0. The van der Waals surface area contributed by atoms with E-state index >= 15 is 0 Å². The molecule has 0 bridgehead atoms. The van der Waals surface area contributed by atoms with Crippen LogP contribution >= 0.6 is 8.25 Å². The molecule has 0 aromatic rings. The van der Waals surface area contributed by atoms with E-state index in [1.165, 1.54) is 0 Å². The molecule has 1 aliphatic heterocycles. The van der Waals surface area contributed by atoms with Gasteiger partial charge in [0, 0.05) is 0 Å². The lowest BCUT2D eigenvalue weighted by Crippen LogP contribution is -2.16. The number of hydrogen-bond donors (Lipinski definition) is 1. The normalized spacial score (nSPS) is 25.6. The van der Waals surface area contributed by atoms with Crippen LogP contribution in [-0.2, 0) is 13.8 Å². The predicted molar refractivity (Wildman–Crippen MR) is 14.3 cm³/mol. The molecule has 1 saturated heterocycles. The van der Waals surface area contributed by atoms with E-state index in [-0.39, 0.29) is 0 Å². The summed E-state index contributed by atoms with van der Waals surface area (Å²) in [6, 6.07) is 0. The summed E-state index contributed by atoms with van der Waals surface area (Å²) in [7, 11) is -2.05. The summed E-state index contributed by atoms with van der Waals surface area (Å²) < 4.78 is 17.6. The lowest BCUT2D eigenvalue weighted by molar-refractivity contribution is -0.104. The molecule has 1 aliphatic rings. The summed E-state index contributed by atoms with van der Waals surface area (Å²) in [6.07, 6.45) is 0. The van der Waals surface area contributed by atoms with Crippen molar-refractivity contribution in [2.45, 2.75) is 0 Å². The zero-order chi connectivity index (χ0) is 3.70. The second-order valence-electron chi connectivity index (χ2n) is 0.537. The molecule has 5 heteroatoms. The summed E-state index contributed by atoms with van der Waals surface area (Å²) in [4.78, 5) is 0. The highest BCUT2D eigenvalue weighted by molar-refractivity contribution is 7.34. The third kappa shape index (κ3) is 0.490. The first-order valence-corrected chi connectivity index (χ1v) is 2.25. The van der Waals surface area contributed by atoms with Crippen molar-refractivity contribution in [3.05, 3.63) is 0 Å². The molecule has 0 aromatic heterocycles. The van der Waals surface area contributed by atoms with Gasteiger partial charge in [-0.1, -0.05) is 5.64 Å². The molecular formula is H2NO3P. The van der Waals surface area contributed by atoms with Crippen molar-refractivity contribution in [1.29, 1.82) is 0 Å². The molecule has 0 saturated carbocycles. The number of rotatable bonds is 0. The summed E-state index contributed by atoms with van der Waals surface area (Å²) in [5.74, 6) is 0. The molecule has 5 heavy (non-hydrogen) atoms. The Labute approximate surface area is 28.9 Å². The highest BCUT2D eigenvalue weighted by Gasteiger charge is 2.07. The standard InChI is InChI=1S/H2NO3P/c2-5-3-1-4-5/h1,5H. The van der Waals surface area contributed by atoms with Crippen LogP contribution in [0, 0.1) is 0 Å². The van der Waals surface area contributed by atoms with E-state index in [0.29, 0.717) is 0 Å². The molecule has 30 valence electrons. The van der Waals surface area contributed by atoms with E-state index in [0.717, 1.165) is 0 Å². The Balaban J connectivity index is 2.32. The second-order valence-corrected chi connectivity index (χ2v) is 1.45. The van der Waals surface area contributed by atoms with E-state index in [1.54, 1.807) is 0 Å². The largest absolute Gasteiger partial charge is 0.355 e. The molecule has 0 aromatic carbocycles. The summed E-state index contributed by atoms with van der Waals surface area (Å²) in [5.41, 5.74) is 1.89. The first-order chi connectivity index (χ1) is 2.39. The lowest BCUT2D eigenvalue weighted by atomic mass is 13.2. The molecule has 1 rings (SSSR count). The molecule has 4 nitrogen and oxygen atoms in total. The van der Waals surface area contributed by atoms with Crippen molar-refractivity contribution in [2.24, 2.45) is 0 Å². The van der Waals surface area contributed by atoms with Gasteiger partial charge >= 0.3 is 8.25 Å². The van der Waals surface area contributed by atoms with Gasteiger partial charge in [0.25, 0.3) is 0 Å². The van der Waals surface area contributed by atoms with Crippen LogP contribution in [0.1, 0.15) is 0 Å². The van der Waals surface area contributed by atoms with Crippen LogP contribution < -0.4 is 5.64 Å². The molecule has 1 fully saturated rings. The highest BCUT2D eigenvalue weighted by Crippen LogP contribution is 2.27. The van der Waals surface area contributed by atoms with Crippen LogP contribution in [-0.4, -0.2) is 0 Å². The molecule has 0 atom stereocenters. The van der Waals surface area contributed by atoms with Gasteiger partial charge in [0.2, 0.25) is 0 Å². The zero-order valence-electron chi connectivity index (χ0n) is 2.22. The van der Waals surface area contributed by atoms with Gasteiger partial charge in [-0.15, -0.1) is 0 Å². The van der Waals surface area contributed by atoms with Crippen LogP contribution in [0.5, 0.6) is 0 Å². The second kappa shape index (κ2) is 1.06. The van der Waals surface area contributed by atoms with Gasteiger partial charge in [0.15, 0.2) is 0 Å². The van der Waals surface area contributed by atoms with E-state index < -0.39 is 8.25 Å². The van der Waals surface area contributed by atoms with Crippen LogP contribution in [0.15, 0.2) is 0 Å². The Bertz CT molecular complexity index is 53.9. The first-order valence-electron chi connectivity index (χ1n) is 1.02. The minimum atomic E-state index is -2.05. The van der Waals surface area contributed by atoms with Gasteiger partial charge in [-0.2, -0.15) is 9.25 Å². The van der Waals surface area contributed by atoms with Crippen molar-refractivity contribution in [2.75, 3.05) is 0 Å². The van der Waals surface area contributed by atoms with Crippen LogP contribution in [0.4, 0.5) is 0 Å². The average molecular weight is 95.0 g/mol. The van der Waals surface area contributed by atoms with Crippen molar-refractivity contribution in [3.63, 3.8) is 0 Å². The monoisotopic (exact) mass is 95.0 g/mol. The maximum absolute atomic E-state index is 9.58. The molecule has 0 unspecified atom stereocenters. The van der Waals surface area contributed by atoms with Gasteiger partial charge in [-0.25, -0.2) is 0 Å². The van der Waals surface area contributed by atoms with E-state index in [9.17, 15) is 4.57 Å². The zero-order valence-corrected chi connectivity index (χ0v) is 3.22. The summed E-state index contributed by atoms with van der Waals surface area (Å²) in [5, 5.41) is 0. The van der Waals surface area contributed by atoms with Crippen molar-refractivity contribution in [1.82, 2.24) is 5.64 Å². The molecule has 0 aliphatic carbocycles. The summed E-state index contributed by atoms with van der Waals surface area (Å²) >= 11 is 0. The number of hydrogen-bond acceptors (Lipinski definition) is 4. The average Bonchev–Trinajstić information content (AvgIpc) is 1.30. The van der Waals surface area contributed by atoms with Gasteiger partial charge in [-0.3, -0.25) is 4.57 Å². The Morgan fingerprint density at radius 1 is 1.60 bits per heavy atom. The predicted octanol–water partition coefficient (Wildman–Crippen LogP) is -0.158. The van der Waals surface area contributed by atoms with Gasteiger partial charge < -0.3 is 0 Å². The SMILES string of the molecule is O=[PH]1ONO1. The van der Waals surface area contributed by atoms with E-state index in [2.05, 4.69) is 9.25 Å². The maximum Gasteiger partial charge on any atom is 0.355 e. The van der Waals surface area contributed by atoms with Crippen LogP contribution in [0.2, 0.25) is 0 Å². The molecule has 0 amide bonds. The molecule has 1 heterocycles. The smallest absolute Gasteiger partial charge is 0.260 e. The number of nitrogens with one attached hydrogen (secondary N) is 1.